The number of nitrogens with zero attached hydrogens (tertiary/aromatic N) is 2. The molecule has 2 aromatic rings. The molecule has 1 fully saturated rings. The van der Waals surface area contributed by atoms with Gasteiger partial charge < -0.3 is 9.64 Å². The van der Waals surface area contributed by atoms with Crippen LogP contribution in [0.5, 0.6) is 5.75 Å². The molecule has 0 bridgehead atoms. The molecule has 140 valence electrons. The summed E-state index contributed by atoms with van der Waals surface area (Å²) in [7, 11) is -1.82. The first-order valence-corrected chi connectivity index (χ1v) is 10.2. The monoisotopic (exact) mass is 382 g/mol. The molecule has 2 aromatic carbocycles. The molecule has 0 amide bonds. The Bertz CT molecular complexity index is 934. The molecule has 0 atom stereocenters. The van der Waals surface area contributed by atoms with E-state index < -0.39 is 10.0 Å². The zero-order valence-electron chi connectivity index (χ0n) is 15.2. The van der Waals surface area contributed by atoms with Crippen molar-refractivity contribution >= 4 is 15.7 Å². The molecular formula is C21H22N2O3S. The molecule has 0 N–H and O–H groups in total. The summed E-state index contributed by atoms with van der Waals surface area (Å²) in [5, 5.41) is 1.19. The fourth-order valence-corrected chi connectivity index (χ4v) is 3.93. The van der Waals surface area contributed by atoms with Gasteiger partial charge in [0.05, 0.1) is 12.5 Å². The number of ether oxygens (including phenoxy) is 1. The third-order valence-electron chi connectivity index (χ3n) is 4.35. The van der Waals surface area contributed by atoms with Crippen LogP contribution in [0.25, 0.3) is 0 Å². The zero-order chi connectivity index (χ0) is 19.1. The smallest absolute Gasteiger partial charge is 0.236 e. The summed E-state index contributed by atoms with van der Waals surface area (Å²) < 4.78 is 31.6. The lowest BCUT2D eigenvalue weighted by atomic mass is 10.2. The van der Waals surface area contributed by atoms with Gasteiger partial charge in [0.1, 0.15) is 5.75 Å². The van der Waals surface area contributed by atoms with E-state index in [0.717, 1.165) is 17.0 Å². The van der Waals surface area contributed by atoms with E-state index in [9.17, 15) is 8.42 Å². The average molecular weight is 382 g/mol. The van der Waals surface area contributed by atoms with Gasteiger partial charge in [0.25, 0.3) is 0 Å². The zero-order valence-corrected chi connectivity index (χ0v) is 16.0. The Labute approximate surface area is 160 Å². The highest BCUT2D eigenvalue weighted by molar-refractivity contribution is 7.92. The van der Waals surface area contributed by atoms with E-state index in [4.69, 9.17) is 4.74 Å². The molecular weight excluding hydrogens is 360 g/mol. The molecule has 0 radical (unpaired) electrons. The molecule has 0 spiro atoms. The lowest BCUT2D eigenvalue weighted by molar-refractivity contribution is 0.389. The minimum atomic E-state index is -3.45. The van der Waals surface area contributed by atoms with E-state index >= 15 is 0 Å². The predicted octanol–water partition coefficient (Wildman–Crippen LogP) is 2.71. The fraction of sp³-hybridized carbons (Fsp3) is 0.238. The second-order valence-corrected chi connectivity index (χ2v) is 7.89. The molecule has 0 aliphatic carbocycles. The van der Waals surface area contributed by atoms with Crippen molar-refractivity contribution in [2.45, 2.75) is 0 Å². The largest absolute Gasteiger partial charge is 0.497 e. The minimum absolute atomic E-state index is 0.449. The molecule has 0 aromatic heterocycles. The van der Waals surface area contributed by atoms with Crippen LogP contribution in [0.15, 0.2) is 66.1 Å². The van der Waals surface area contributed by atoms with Gasteiger partial charge in [0, 0.05) is 43.5 Å². The second kappa shape index (κ2) is 8.76. The summed E-state index contributed by atoms with van der Waals surface area (Å²) in [5.41, 5.74) is 1.92. The van der Waals surface area contributed by atoms with E-state index in [0.29, 0.717) is 26.2 Å². The normalized spacial score (nSPS) is 15.4. The van der Waals surface area contributed by atoms with Gasteiger partial charge in [0.15, 0.2) is 0 Å². The second-order valence-electron chi connectivity index (χ2n) is 6.07. The van der Waals surface area contributed by atoms with E-state index in [2.05, 4.69) is 16.7 Å². The van der Waals surface area contributed by atoms with Crippen LogP contribution in [0, 0.1) is 11.8 Å². The first-order chi connectivity index (χ1) is 13.1. The Morgan fingerprint density at radius 3 is 2.26 bits per heavy atom. The van der Waals surface area contributed by atoms with Crippen molar-refractivity contribution in [2.24, 2.45) is 0 Å². The van der Waals surface area contributed by atoms with Gasteiger partial charge in [-0.3, -0.25) is 0 Å². The maximum atomic E-state index is 12.5. The third kappa shape index (κ3) is 5.13. The Balaban J connectivity index is 1.57. The lowest BCUT2D eigenvalue weighted by Gasteiger charge is -2.34. The van der Waals surface area contributed by atoms with Gasteiger partial charge in [-0.1, -0.05) is 30.0 Å². The van der Waals surface area contributed by atoms with Crippen LogP contribution in [-0.4, -0.2) is 46.0 Å². The molecule has 1 saturated heterocycles. The molecule has 1 heterocycles. The van der Waals surface area contributed by atoms with Gasteiger partial charge in [-0.15, -0.1) is 0 Å². The Hall–Kier alpha value is -2.75. The highest BCUT2D eigenvalue weighted by Gasteiger charge is 2.25. The van der Waals surface area contributed by atoms with E-state index in [1.54, 1.807) is 7.11 Å². The predicted molar refractivity (Wildman–Crippen MR) is 108 cm³/mol. The van der Waals surface area contributed by atoms with Crippen LogP contribution >= 0.6 is 0 Å². The molecule has 0 saturated carbocycles. The van der Waals surface area contributed by atoms with Crippen molar-refractivity contribution in [2.75, 3.05) is 38.2 Å². The summed E-state index contributed by atoms with van der Waals surface area (Å²) in [5.74, 6) is 6.51. The van der Waals surface area contributed by atoms with Gasteiger partial charge in [-0.25, -0.2) is 8.42 Å². The Morgan fingerprint density at radius 2 is 1.63 bits per heavy atom. The molecule has 0 unspecified atom stereocenters. The first-order valence-electron chi connectivity index (χ1n) is 8.71. The maximum Gasteiger partial charge on any atom is 0.236 e. The average Bonchev–Trinajstić information content (AvgIpc) is 2.72. The summed E-state index contributed by atoms with van der Waals surface area (Å²) in [6.07, 6.45) is 1.40. The van der Waals surface area contributed by atoms with Crippen molar-refractivity contribution in [3.8, 4) is 17.6 Å². The van der Waals surface area contributed by atoms with Crippen molar-refractivity contribution < 1.29 is 13.2 Å². The highest BCUT2D eigenvalue weighted by atomic mass is 32.2. The molecule has 6 heteroatoms. The number of anilines is 1. The molecule has 27 heavy (non-hydrogen) atoms. The van der Waals surface area contributed by atoms with Crippen LogP contribution in [0.3, 0.4) is 0 Å². The summed E-state index contributed by atoms with van der Waals surface area (Å²) in [6, 6.07) is 17.3. The number of piperazine rings is 1. The fourth-order valence-electron chi connectivity index (χ4n) is 2.85. The number of allylic oxidation sites excluding steroid dienone is 1. The summed E-state index contributed by atoms with van der Waals surface area (Å²) in [6.45, 7) is 2.19. The number of benzene rings is 2. The van der Waals surface area contributed by atoms with Crippen molar-refractivity contribution in [1.29, 1.82) is 0 Å². The maximum absolute atomic E-state index is 12.5. The summed E-state index contributed by atoms with van der Waals surface area (Å²) >= 11 is 0. The van der Waals surface area contributed by atoms with Crippen molar-refractivity contribution in [1.82, 2.24) is 4.31 Å². The van der Waals surface area contributed by atoms with Gasteiger partial charge in [0.2, 0.25) is 10.0 Å². The molecule has 3 rings (SSSR count). The van der Waals surface area contributed by atoms with Crippen LogP contribution in [0.1, 0.15) is 5.56 Å². The molecule has 1 aliphatic rings. The molecule has 5 nitrogen and oxygen atoms in total. The number of hydrogen-bond donors (Lipinski definition) is 0. The molecule has 1 aliphatic heterocycles. The third-order valence-corrected chi connectivity index (χ3v) is 5.91. The van der Waals surface area contributed by atoms with Crippen LogP contribution in [-0.2, 0) is 10.0 Å². The van der Waals surface area contributed by atoms with Gasteiger partial charge in [-0.2, -0.15) is 4.31 Å². The number of sulfonamides is 1. The minimum Gasteiger partial charge on any atom is -0.497 e. The standard InChI is InChI=1S/C21H22N2O3S/c1-26-21-12-10-20(11-13-21)22-14-16-23(17-15-22)27(24,25)18-6-5-9-19-7-3-2-4-8-19/h2-4,6-8,10-13,18H,14-17H2,1H3/b18-6+. The quantitative estimate of drug-likeness (QED) is 0.763. The first kappa shape index (κ1) is 19.0. The van der Waals surface area contributed by atoms with Crippen LogP contribution in [0.4, 0.5) is 5.69 Å². The number of rotatable bonds is 4. The van der Waals surface area contributed by atoms with Gasteiger partial charge in [-0.05, 0) is 36.4 Å². The SMILES string of the molecule is COc1ccc(N2CCN(S(=O)(=O)/C=C/C#Cc3ccccc3)CC2)cc1. The number of methoxy groups -OCH3 is 1. The van der Waals surface area contributed by atoms with Crippen LogP contribution < -0.4 is 9.64 Å². The van der Waals surface area contributed by atoms with Crippen molar-refractivity contribution in [3.63, 3.8) is 0 Å². The Kier molecular flexibility index (Phi) is 6.17. The van der Waals surface area contributed by atoms with Crippen molar-refractivity contribution in [3.05, 3.63) is 71.6 Å². The topological polar surface area (TPSA) is 49.9 Å². The lowest BCUT2D eigenvalue weighted by Crippen LogP contribution is -2.48. The van der Waals surface area contributed by atoms with Gasteiger partial charge >= 0.3 is 0 Å². The van der Waals surface area contributed by atoms with E-state index in [1.807, 2.05) is 54.6 Å². The number of hydrogen-bond acceptors (Lipinski definition) is 4. The Morgan fingerprint density at radius 1 is 0.963 bits per heavy atom. The highest BCUT2D eigenvalue weighted by Crippen LogP contribution is 2.21. The van der Waals surface area contributed by atoms with E-state index in [-0.39, 0.29) is 0 Å². The summed E-state index contributed by atoms with van der Waals surface area (Å²) in [4.78, 5) is 2.17. The van der Waals surface area contributed by atoms with E-state index in [1.165, 1.54) is 15.8 Å². The van der Waals surface area contributed by atoms with Crippen LogP contribution in [0.2, 0.25) is 0 Å².